The van der Waals surface area contributed by atoms with E-state index >= 15 is 0 Å². The zero-order chi connectivity index (χ0) is 31.7. The number of likely N-dealkylation sites (tertiary alicyclic amines) is 1. The van der Waals surface area contributed by atoms with E-state index < -0.39 is 5.25 Å². The van der Waals surface area contributed by atoms with Gasteiger partial charge in [-0.1, -0.05) is 12.8 Å². The zero-order valence-corrected chi connectivity index (χ0v) is 26.7. The third-order valence-electron chi connectivity index (χ3n) is 6.60. The van der Waals surface area contributed by atoms with Gasteiger partial charge in [0.05, 0.1) is 44.8 Å². The van der Waals surface area contributed by atoms with Crippen molar-refractivity contribution >= 4 is 41.3 Å². The van der Waals surface area contributed by atoms with Crippen molar-refractivity contribution in [3.8, 4) is 0 Å². The summed E-state index contributed by atoms with van der Waals surface area (Å²) in [6.45, 7) is 4.97. The number of carbonyl (C=O) groups excluding carboxylic acids is 5. The molecule has 5 N–H and O–H groups in total. The molecule has 1 aliphatic heterocycles. The van der Waals surface area contributed by atoms with Gasteiger partial charge in [-0.3, -0.25) is 33.8 Å². The Labute approximate surface area is 259 Å². The number of ether oxygens (including phenoxy) is 3. The van der Waals surface area contributed by atoms with Crippen LogP contribution in [-0.4, -0.2) is 143 Å². The third kappa shape index (κ3) is 18.9. The number of likely N-dealkylation sites (N-methyl/N-ethyl adjacent to an activating group) is 1. The van der Waals surface area contributed by atoms with Crippen LogP contribution in [0.3, 0.4) is 0 Å². The van der Waals surface area contributed by atoms with Crippen molar-refractivity contribution in [2.75, 3.05) is 98.8 Å². The maximum Gasteiger partial charge on any atom is 0.242 e. The second kappa shape index (κ2) is 25.1. The van der Waals surface area contributed by atoms with E-state index in [2.05, 4.69) is 16.0 Å². The zero-order valence-electron chi connectivity index (χ0n) is 25.9. The molecule has 14 nitrogen and oxygen atoms in total. The standard InChI is InChI=1S/C28H52N6O8S/c1-30-26(37)22-33(13-9-29)14-11-32-24(35)7-12-34-27(38)21-23(28(34)39)43-20-6-4-3-5-10-31-25(36)8-15-41-18-19-42-17-16-40-2/h23H,3-22,29H2,1-2H3,(H,30,37)(H,31,36)(H,32,35). The van der Waals surface area contributed by atoms with Crippen LogP contribution < -0.4 is 21.7 Å². The Hall–Kier alpha value is -2.30. The summed E-state index contributed by atoms with van der Waals surface area (Å²) in [6, 6.07) is 0. The molecule has 0 spiro atoms. The van der Waals surface area contributed by atoms with E-state index in [0.717, 1.165) is 31.4 Å². The van der Waals surface area contributed by atoms with Gasteiger partial charge in [-0.25, -0.2) is 0 Å². The third-order valence-corrected chi connectivity index (χ3v) is 7.89. The SMILES string of the molecule is CNC(=O)CN(CCN)CCNC(=O)CCN1C(=O)CC(SCCCCCCNC(=O)CCOCCOCCOC)C1=O. The second-order valence-corrected chi connectivity index (χ2v) is 11.3. The predicted octanol–water partition coefficient (Wildman–Crippen LogP) is -0.894. The molecule has 15 heteroatoms. The van der Waals surface area contributed by atoms with Crippen LogP contribution in [0.4, 0.5) is 0 Å². The quantitative estimate of drug-likeness (QED) is 0.0651. The summed E-state index contributed by atoms with van der Waals surface area (Å²) in [5.41, 5.74) is 5.58. The first kappa shape index (κ1) is 38.7. The van der Waals surface area contributed by atoms with Gasteiger partial charge < -0.3 is 35.9 Å². The molecule has 0 aromatic heterocycles. The Morgan fingerprint density at radius 2 is 1.58 bits per heavy atom. The molecule has 0 radical (unpaired) electrons. The van der Waals surface area contributed by atoms with Crippen molar-refractivity contribution in [1.29, 1.82) is 0 Å². The average molecular weight is 633 g/mol. The Balaban J connectivity index is 2.08. The molecule has 0 aromatic rings. The van der Waals surface area contributed by atoms with Gasteiger partial charge in [-0.2, -0.15) is 0 Å². The van der Waals surface area contributed by atoms with Crippen LogP contribution >= 0.6 is 11.8 Å². The number of hydrogen-bond donors (Lipinski definition) is 4. The highest BCUT2D eigenvalue weighted by Crippen LogP contribution is 2.26. The molecular weight excluding hydrogens is 580 g/mol. The van der Waals surface area contributed by atoms with E-state index in [-0.39, 0.29) is 55.5 Å². The lowest BCUT2D eigenvalue weighted by molar-refractivity contribution is -0.138. The fourth-order valence-electron chi connectivity index (χ4n) is 4.16. The summed E-state index contributed by atoms with van der Waals surface area (Å²) >= 11 is 1.49. The first-order chi connectivity index (χ1) is 20.8. The molecule has 1 atom stereocenters. The summed E-state index contributed by atoms with van der Waals surface area (Å²) in [5, 5.41) is 7.82. The highest BCUT2D eigenvalue weighted by atomic mass is 32.2. The molecule has 1 saturated heterocycles. The van der Waals surface area contributed by atoms with Crippen LogP contribution in [0.15, 0.2) is 0 Å². The fourth-order valence-corrected chi connectivity index (χ4v) is 5.34. The summed E-state index contributed by atoms with van der Waals surface area (Å²) in [4.78, 5) is 63.8. The number of nitrogens with two attached hydrogens (primary N) is 1. The number of amides is 5. The molecular formula is C28H52N6O8S. The number of nitrogens with one attached hydrogen (secondary N) is 3. The van der Waals surface area contributed by atoms with Crippen LogP contribution in [0, 0.1) is 0 Å². The predicted molar refractivity (Wildman–Crippen MR) is 164 cm³/mol. The molecule has 5 amide bonds. The van der Waals surface area contributed by atoms with Gasteiger partial charge in [0.25, 0.3) is 0 Å². The minimum atomic E-state index is -0.400. The van der Waals surface area contributed by atoms with Crippen LogP contribution in [0.1, 0.15) is 44.9 Å². The summed E-state index contributed by atoms with van der Waals surface area (Å²) in [6.07, 6.45) is 4.24. The average Bonchev–Trinajstić information content (AvgIpc) is 3.26. The van der Waals surface area contributed by atoms with Crippen LogP contribution in [0.5, 0.6) is 0 Å². The van der Waals surface area contributed by atoms with Crippen molar-refractivity contribution in [3.63, 3.8) is 0 Å². The number of thioether (sulfide) groups is 1. The normalized spacial score (nSPS) is 14.9. The lowest BCUT2D eigenvalue weighted by Crippen LogP contribution is -2.43. The molecule has 0 bridgehead atoms. The van der Waals surface area contributed by atoms with Gasteiger partial charge in [-0.05, 0) is 18.6 Å². The number of nitrogens with zero attached hydrogens (tertiary/aromatic N) is 2. The monoisotopic (exact) mass is 632 g/mol. The summed E-state index contributed by atoms with van der Waals surface area (Å²) < 4.78 is 15.5. The van der Waals surface area contributed by atoms with Crippen LogP contribution in [0.2, 0.25) is 0 Å². The van der Waals surface area contributed by atoms with Crippen molar-refractivity contribution < 1.29 is 38.2 Å². The van der Waals surface area contributed by atoms with Crippen molar-refractivity contribution in [2.24, 2.45) is 5.73 Å². The molecule has 1 rings (SSSR count). The Morgan fingerprint density at radius 1 is 0.907 bits per heavy atom. The van der Waals surface area contributed by atoms with Gasteiger partial charge in [0, 0.05) is 72.7 Å². The van der Waals surface area contributed by atoms with E-state index in [1.165, 1.54) is 16.7 Å². The lowest BCUT2D eigenvalue weighted by atomic mass is 10.2. The van der Waals surface area contributed by atoms with Crippen molar-refractivity contribution in [3.05, 3.63) is 0 Å². The molecule has 1 aliphatic rings. The van der Waals surface area contributed by atoms with Gasteiger partial charge in [0.15, 0.2) is 0 Å². The molecule has 248 valence electrons. The highest BCUT2D eigenvalue weighted by Gasteiger charge is 2.38. The number of carbonyl (C=O) groups is 5. The molecule has 1 heterocycles. The van der Waals surface area contributed by atoms with E-state index in [1.54, 1.807) is 14.2 Å². The minimum Gasteiger partial charge on any atom is -0.382 e. The maximum atomic E-state index is 12.7. The van der Waals surface area contributed by atoms with Crippen LogP contribution in [-0.2, 0) is 38.2 Å². The smallest absolute Gasteiger partial charge is 0.242 e. The number of hydrogen-bond acceptors (Lipinski definition) is 11. The van der Waals surface area contributed by atoms with Gasteiger partial charge in [0.2, 0.25) is 29.5 Å². The number of imide groups is 1. The van der Waals surface area contributed by atoms with Gasteiger partial charge >= 0.3 is 0 Å². The minimum absolute atomic E-state index is 0.0330. The van der Waals surface area contributed by atoms with Crippen molar-refractivity contribution in [2.45, 2.75) is 50.2 Å². The van der Waals surface area contributed by atoms with E-state index in [1.807, 2.05) is 4.90 Å². The first-order valence-corrected chi connectivity index (χ1v) is 16.1. The maximum absolute atomic E-state index is 12.7. The van der Waals surface area contributed by atoms with E-state index in [4.69, 9.17) is 19.9 Å². The Morgan fingerprint density at radius 3 is 2.30 bits per heavy atom. The molecule has 0 saturated carbocycles. The lowest BCUT2D eigenvalue weighted by Gasteiger charge is -2.21. The number of methoxy groups -OCH3 is 1. The number of rotatable bonds is 27. The van der Waals surface area contributed by atoms with E-state index in [0.29, 0.717) is 72.2 Å². The molecule has 1 unspecified atom stereocenters. The Bertz CT molecular complexity index is 837. The molecule has 1 fully saturated rings. The van der Waals surface area contributed by atoms with E-state index in [9.17, 15) is 24.0 Å². The van der Waals surface area contributed by atoms with Crippen molar-refractivity contribution in [1.82, 2.24) is 25.8 Å². The second-order valence-electron chi connectivity index (χ2n) is 10.0. The summed E-state index contributed by atoms with van der Waals surface area (Å²) in [5.74, 6) is -0.122. The largest absolute Gasteiger partial charge is 0.382 e. The van der Waals surface area contributed by atoms with Gasteiger partial charge in [0.1, 0.15) is 0 Å². The van der Waals surface area contributed by atoms with Crippen LogP contribution in [0.25, 0.3) is 0 Å². The number of unbranched alkanes of at least 4 members (excludes halogenated alkanes) is 3. The topological polar surface area (TPSA) is 182 Å². The van der Waals surface area contributed by atoms with Gasteiger partial charge in [-0.15, -0.1) is 11.8 Å². The molecule has 0 aliphatic carbocycles. The highest BCUT2D eigenvalue weighted by molar-refractivity contribution is 8.00. The first-order valence-electron chi connectivity index (χ1n) is 15.1. The molecule has 43 heavy (non-hydrogen) atoms. The summed E-state index contributed by atoms with van der Waals surface area (Å²) in [7, 11) is 3.18. The Kier molecular flexibility index (Phi) is 22.6. The fraction of sp³-hybridized carbons (Fsp3) is 0.821. The molecule has 0 aromatic carbocycles.